The monoisotopic (exact) mass is 332 g/mol. The van der Waals surface area contributed by atoms with Gasteiger partial charge in [-0.2, -0.15) is 0 Å². The number of amides is 1. The van der Waals surface area contributed by atoms with Crippen LogP contribution in [0.3, 0.4) is 0 Å². The minimum absolute atomic E-state index is 0.0123. The van der Waals surface area contributed by atoms with Crippen molar-refractivity contribution in [3.63, 3.8) is 0 Å². The van der Waals surface area contributed by atoms with Crippen molar-refractivity contribution in [3.8, 4) is 0 Å². The highest BCUT2D eigenvalue weighted by atomic mass is 16.5. The van der Waals surface area contributed by atoms with Crippen LogP contribution in [0.1, 0.15) is 37.3 Å². The van der Waals surface area contributed by atoms with E-state index in [0.29, 0.717) is 26.1 Å². The van der Waals surface area contributed by atoms with E-state index >= 15 is 0 Å². The van der Waals surface area contributed by atoms with Crippen LogP contribution in [0.15, 0.2) is 18.2 Å². The maximum atomic E-state index is 12.2. The first-order valence-electron chi connectivity index (χ1n) is 8.75. The maximum Gasteiger partial charge on any atom is 0.310 e. The average Bonchev–Trinajstić information content (AvgIpc) is 2.52. The fourth-order valence-electron chi connectivity index (χ4n) is 3.24. The summed E-state index contributed by atoms with van der Waals surface area (Å²) in [5.41, 5.74) is 3.12. The van der Waals surface area contributed by atoms with E-state index in [-0.39, 0.29) is 17.8 Å². The average molecular weight is 332 g/mol. The van der Waals surface area contributed by atoms with Crippen molar-refractivity contribution < 1.29 is 14.3 Å². The van der Waals surface area contributed by atoms with Gasteiger partial charge in [-0.25, -0.2) is 0 Å². The van der Waals surface area contributed by atoms with Crippen molar-refractivity contribution in [1.29, 1.82) is 0 Å². The summed E-state index contributed by atoms with van der Waals surface area (Å²) in [5.74, 6) is -0.152. The quantitative estimate of drug-likeness (QED) is 0.814. The number of piperidine rings is 1. The molecule has 1 fully saturated rings. The lowest BCUT2D eigenvalue weighted by molar-refractivity contribution is -0.149. The molecule has 1 aliphatic heterocycles. The molecule has 0 saturated carbocycles. The molecule has 1 aromatic carbocycles. The van der Waals surface area contributed by atoms with Crippen molar-refractivity contribution in [3.05, 3.63) is 29.3 Å². The Morgan fingerprint density at radius 1 is 1.25 bits per heavy atom. The van der Waals surface area contributed by atoms with E-state index < -0.39 is 0 Å². The number of likely N-dealkylation sites (tertiary alicyclic amines) is 1. The van der Waals surface area contributed by atoms with E-state index in [4.69, 9.17) is 4.74 Å². The Labute approximate surface area is 144 Å². The van der Waals surface area contributed by atoms with Gasteiger partial charge in [-0.1, -0.05) is 6.07 Å². The lowest BCUT2D eigenvalue weighted by atomic mass is 9.98. The van der Waals surface area contributed by atoms with Crippen LogP contribution in [0.5, 0.6) is 0 Å². The number of aryl methyl sites for hydroxylation is 2. The largest absolute Gasteiger partial charge is 0.466 e. The predicted octanol–water partition coefficient (Wildman–Crippen LogP) is 2.91. The SMILES string of the molecule is CCOC(=O)C1CCCN(CCC(=O)Nc2cc(C)cc(C)c2)C1. The van der Waals surface area contributed by atoms with E-state index in [9.17, 15) is 9.59 Å². The molecule has 1 unspecified atom stereocenters. The molecule has 5 nitrogen and oxygen atoms in total. The van der Waals surface area contributed by atoms with E-state index in [1.807, 2.05) is 32.9 Å². The molecule has 1 atom stereocenters. The van der Waals surface area contributed by atoms with Gasteiger partial charge in [0.05, 0.1) is 12.5 Å². The molecule has 132 valence electrons. The molecule has 1 saturated heterocycles. The number of benzene rings is 1. The Morgan fingerprint density at radius 2 is 1.96 bits per heavy atom. The summed E-state index contributed by atoms with van der Waals surface area (Å²) < 4.78 is 5.11. The van der Waals surface area contributed by atoms with Crippen LogP contribution in [0, 0.1) is 19.8 Å². The molecule has 1 N–H and O–H groups in total. The summed E-state index contributed by atoms with van der Waals surface area (Å²) in [6.07, 6.45) is 2.29. The molecule has 1 heterocycles. The molecule has 0 spiro atoms. The summed E-state index contributed by atoms with van der Waals surface area (Å²) in [4.78, 5) is 26.2. The van der Waals surface area contributed by atoms with Crippen LogP contribution < -0.4 is 5.32 Å². The second kappa shape index (κ2) is 8.83. The van der Waals surface area contributed by atoms with Gasteiger partial charge in [0, 0.05) is 25.2 Å². The topological polar surface area (TPSA) is 58.6 Å². The molecular formula is C19H28N2O3. The first-order valence-corrected chi connectivity index (χ1v) is 8.75. The van der Waals surface area contributed by atoms with E-state index in [1.165, 1.54) is 0 Å². The lowest BCUT2D eigenvalue weighted by Crippen LogP contribution is -2.40. The minimum atomic E-state index is -0.109. The number of nitrogens with one attached hydrogen (secondary N) is 1. The molecule has 1 aromatic rings. The molecule has 24 heavy (non-hydrogen) atoms. The number of carbonyl (C=O) groups excluding carboxylic acids is 2. The van der Waals surface area contributed by atoms with Crippen LogP contribution in [0.2, 0.25) is 0 Å². The highest BCUT2D eigenvalue weighted by molar-refractivity contribution is 5.91. The zero-order chi connectivity index (χ0) is 17.5. The first kappa shape index (κ1) is 18.5. The predicted molar refractivity (Wildman–Crippen MR) is 95.0 cm³/mol. The molecular weight excluding hydrogens is 304 g/mol. The Hall–Kier alpha value is -1.88. The van der Waals surface area contributed by atoms with Crippen LogP contribution >= 0.6 is 0 Å². The van der Waals surface area contributed by atoms with Crippen molar-refractivity contribution in [2.24, 2.45) is 5.92 Å². The van der Waals surface area contributed by atoms with Gasteiger partial charge in [-0.3, -0.25) is 9.59 Å². The number of hydrogen-bond acceptors (Lipinski definition) is 4. The van der Waals surface area contributed by atoms with Crippen LogP contribution in [0.4, 0.5) is 5.69 Å². The Kier molecular flexibility index (Phi) is 6.79. The van der Waals surface area contributed by atoms with Gasteiger partial charge in [0.2, 0.25) is 5.91 Å². The number of hydrogen-bond donors (Lipinski definition) is 1. The molecule has 0 bridgehead atoms. The van der Waals surface area contributed by atoms with E-state index in [2.05, 4.69) is 16.3 Å². The second-order valence-corrected chi connectivity index (χ2v) is 6.57. The van der Waals surface area contributed by atoms with Gasteiger partial charge < -0.3 is 15.0 Å². The first-order chi connectivity index (χ1) is 11.5. The fraction of sp³-hybridized carbons (Fsp3) is 0.579. The normalized spacial score (nSPS) is 18.2. The van der Waals surface area contributed by atoms with Crippen LogP contribution in [-0.2, 0) is 14.3 Å². The Balaban J connectivity index is 1.79. The van der Waals surface area contributed by atoms with Gasteiger partial charge in [-0.05, 0) is 63.4 Å². The molecule has 1 amide bonds. The van der Waals surface area contributed by atoms with E-state index in [1.54, 1.807) is 0 Å². The summed E-state index contributed by atoms with van der Waals surface area (Å²) >= 11 is 0. The van der Waals surface area contributed by atoms with Crippen LogP contribution in [-0.4, -0.2) is 43.0 Å². The molecule has 0 aliphatic carbocycles. The Morgan fingerprint density at radius 3 is 2.62 bits per heavy atom. The highest BCUT2D eigenvalue weighted by Gasteiger charge is 2.26. The third kappa shape index (κ3) is 5.64. The number of nitrogens with zero attached hydrogens (tertiary/aromatic N) is 1. The third-order valence-electron chi connectivity index (χ3n) is 4.29. The zero-order valence-electron chi connectivity index (χ0n) is 14.9. The van der Waals surface area contributed by atoms with Gasteiger partial charge in [0.15, 0.2) is 0 Å². The summed E-state index contributed by atoms with van der Waals surface area (Å²) in [5, 5.41) is 2.96. The van der Waals surface area contributed by atoms with Crippen LogP contribution in [0.25, 0.3) is 0 Å². The smallest absolute Gasteiger partial charge is 0.310 e. The van der Waals surface area contributed by atoms with E-state index in [0.717, 1.165) is 36.2 Å². The lowest BCUT2D eigenvalue weighted by Gasteiger charge is -2.31. The standard InChI is InChI=1S/C19H28N2O3/c1-4-24-19(23)16-6-5-8-21(13-16)9-7-18(22)20-17-11-14(2)10-15(3)12-17/h10-12,16H,4-9,13H2,1-3H3,(H,20,22). The maximum absolute atomic E-state index is 12.2. The fourth-order valence-corrected chi connectivity index (χ4v) is 3.24. The number of ether oxygens (including phenoxy) is 1. The Bertz CT molecular complexity index is 566. The van der Waals surface area contributed by atoms with Gasteiger partial charge >= 0.3 is 5.97 Å². The summed E-state index contributed by atoms with van der Waals surface area (Å²) in [6, 6.07) is 6.03. The minimum Gasteiger partial charge on any atom is -0.466 e. The molecule has 0 radical (unpaired) electrons. The molecule has 1 aliphatic rings. The zero-order valence-corrected chi connectivity index (χ0v) is 14.9. The third-order valence-corrected chi connectivity index (χ3v) is 4.29. The summed E-state index contributed by atoms with van der Waals surface area (Å²) in [7, 11) is 0. The number of anilines is 1. The van der Waals surface area contributed by atoms with Crippen molar-refractivity contribution >= 4 is 17.6 Å². The van der Waals surface area contributed by atoms with Crippen molar-refractivity contribution in [2.75, 3.05) is 31.6 Å². The van der Waals surface area contributed by atoms with Gasteiger partial charge in [0.1, 0.15) is 0 Å². The van der Waals surface area contributed by atoms with Gasteiger partial charge in [-0.15, -0.1) is 0 Å². The highest BCUT2D eigenvalue weighted by Crippen LogP contribution is 2.18. The molecule has 0 aromatic heterocycles. The number of carbonyl (C=O) groups is 2. The number of rotatable bonds is 6. The second-order valence-electron chi connectivity index (χ2n) is 6.57. The number of esters is 1. The van der Waals surface area contributed by atoms with Gasteiger partial charge in [0.25, 0.3) is 0 Å². The van der Waals surface area contributed by atoms with Crippen molar-refractivity contribution in [2.45, 2.75) is 40.0 Å². The van der Waals surface area contributed by atoms with Crippen molar-refractivity contribution in [1.82, 2.24) is 4.90 Å². The molecule has 2 rings (SSSR count). The molecule has 5 heteroatoms. The summed E-state index contributed by atoms with van der Waals surface area (Å²) in [6.45, 7) is 8.59.